The number of ether oxygens (including phenoxy) is 3. The monoisotopic (exact) mass is 326 g/mol. The number of carboxylic acid groups (broad SMARTS) is 1. The molecule has 0 aliphatic carbocycles. The van der Waals surface area contributed by atoms with E-state index in [0.717, 1.165) is 11.6 Å². The average molecular weight is 327 g/mol. The van der Waals surface area contributed by atoms with Gasteiger partial charge in [0.2, 0.25) is 0 Å². The molecule has 1 N–H and O–H groups in total. The van der Waals surface area contributed by atoms with Crippen molar-refractivity contribution in [2.75, 3.05) is 26.6 Å². The maximum Gasteiger partial charge on any atom is 0.328 e. The van der Waals surface area contributed by atoms with Crippen LogP contribution < -0.4 is 4.74 Å². The Kier molecular flexibility index (Phi) is 8.98. The fraction of sp³-hybridized carbons (Fsp3) is 0.312. The highest BCUT2D eigenvalue weighted by atomic mass is 35.5. The van der Waals surface area contributed by atoms with Crippen molar-refractivity contribution >= 4 is 23.6 Å². The zero-order chi connectivity index (χ0) is 16.2. The Hall–Kier alpha value is -1.82. The van der Waals surface area contributed by atoms with Crippen LogP contribution in [0.3, 0.4) is 0 Å². The van der Waals surface area contributed by atoms with Gasteiger partial charge < -0.3 is 19.3 Å². The van der Waals surface area contributed by atoms with Crippen molar-refractivity contribution in [3.8, 4) is 5.75 Å². The number of benzene rings is 1. The van der Waals surface area contributed by atoms with Gasteiger partial charge in [-0.2, -0.15) is 0 Å². The topological polar surface area (TPSA) is 65.0 Å². The van der Waals surface area contributed by atoms with Crippen molar-refractivity contribution in [1.82, 2.24) is 0 Å². The second-order valence-electron chi connectivity index (χ2n) is 4.11. The molecule has 0 bridgehead atoms. The molecular weight excluding hydrogens is 308 g/mol. The average Bonchev–Trinajstić information content (AvgIpc) is 2.49. The minimum Gasteiger partial charge on any atom is -0.478 e. The predicted octanol–water partition coefficient (Wildman–Crippen LogP) is 3.38. The first kappa shape index (κ1) is 18.2. The van der Waals surface area contributed by atoms with Crippen LogP contribution in [0.15, 0.2) is 36.4 Å². The van der Waals surface area contributed by atoms with Crippen LogP contribution in [0.2, 0.25) is 5.02 Å². The summed E-state index contributed by atoms with van der Waals surface area (Å²) < 4.78 is 15.8. The van der Waals surface area contributed by atoms with Gasteiger partial charge in [-0.15, -0.1) is 0 Å². The number of aliphatic carboxylic acids is 1. The minimum atomic E-state index is -0.990. The second kappa shape index (κ2) is 10.8. The third kappa shape index (κ3) is 7.83. The molecule has 1 rings (SSSR count). The van der Waals surface area contributed by atoms with E-state index in [1.54, 1.807) is 24.3 Å². The van der Waals surface area contributed by atoms with Gasteiger partial charge in [0, 0.05) is 12.7 Å². The van der Waals surface area contributed by atoms with E-state index in [-0.39, 0.29) is 6.79 Å². The lowest BCUT2D eigenvalue weighted by atomic mass is 10.2. The normalized spacial score (nSPS) is 11.4. The first-order valence-electron chi connectivity index (χ1n) is 6.79. The van der Waals surface area contributed by atoms with Crippen molar-refractivity contribution in [1.29, 1.82) is 0 Å². The highest BCUT2D eigenvalue weighted by Gasteiger charge is 2.01. The quantitative estimate of drug-likeness (QED) is 0.309. The number of carboxylic acids is 1. The summed E-state index contributed by atoms with van der Waals surface area (Å²) >= 11 is 6.10. The smallest absolute Gasteiger partial charge is 0.328 e. The van der Waals surface area contributed by atoms with Crippen molar-refractivity contribution in [3.05, 3.63) is 47.0 Å². The third-order valence-corrected chi connectivity index (χ3v) is 2.76. The number of allylic oxidation sites excluding steroid dienone is 2. The van der Waals surface area contributed by atoms with Gasteiger partial charge in [0.1, 0.15) is 5.75 Å². The SMILES string of the molecule is CCOCCOCOc1ccc(/C=C/C=C/C(=O)O)cc1Cl. The van der Waals surface area contributed by atoms with Crippen molar-refractivity contribution < 1.29 is 24.1 Å². The Bertz CT molecular complexity index is 525. The first-order valence-corrected chi connectivity index (χ1v) is 7.16. The first-order chi connectivity index (χ1) is 10.6. The van der Waals surface area contributed by atoms with E-state index in [9.17, 15) is 4.79 Å². The molecule has 0 radical (unpaired) electrons. The molecule has 0 aromatic heterocycles. The summed E-state index contributed by atoms with van der Waals surface area (Å²) in [7, 11) is 0. The number of carbonyl (C=O) groups is 1. The Labute approximate surface area is 134 Å². The Balaban J connectivity index is 2.43. The Morgan fingerprint density at radius 1 is 1.27 bits per heavy atom. The van der Waals surface area contributed by atoms with Crippen LogP contribution in [0, 0.1) is 0 Å². The van der Waals surface area contributed by atoms with Crippen LogP contribution >= 0.6 is 11.6 Å². The second-order valence-corrected chi connectivity index (χ2v) is 4.52. The molecule has 120 valence electrons. The van der Waals surface area contributed by atoms with E-state index in [1.165, 1.54) is 6.08 Å². The van der Waals surface area contributed by atoms with Gasteiger partial charge in [-0.1, -0.05) is 35.9 Å². The van der Waals surface area contributed by atoms with E-state index < -0.39 is 5.97 Å². The molecule has 6 heteroatoms. The summed E-state index contributed by atoms with van der Waals surface area (Å²) in [6.07, 6.45) is 5.85. The largest absolute Gasteiger partial charge is 0.478 e. The molecule has 0 spiro atoms. The lowest BCUT2D eigenvalue weighted by molar-refractivity contribution is -0.131. The highest BCUT2D eigenvalue weighted by molar-refractivity contribution is 6.32. The lowest BCUT2D eigenvalue weighted by Crippen LogP contribution is -2.09. The summed E-state index contributed by atoms with van der Waals surface area (Å²) in [6, 6.07) is 5.27. The van der Waals surface area contributed by atoms with Crippen molar-refractivity contribution in [2.24, 2.45) is 0 Å². The molecule has 0 aliphatic rings. The molecule has 1 aromatic carbocycles. The standard InChI is InChI=1S/C16H19ClO5/c1-2-20-9-10-21-12-22-15-8-7-13(11-14(15)17)5-3-4-6-16(18)19/h3-8,11H,2,9-10,12H2,1H3,(H,18,19)/b5-3+,6-4+. The zero-order valence-electron chi connectivity index (χ0n) is 12.3. The van der Waals surface area contributed by atoms with Crippen LogP contribution in [-0.2, 0) is 14.3 Å². The molecule has 5 nitrogen and oxygen atoms in total. The summed E-state index contributed by atoms with van der Waals surface area (Å²) in [4.78, 5) is 10.3. The van der Waals surface area contributed by atoms with Crippen LogP contribution in [0.4, 0.5) is 0 Å². The van der Waals surface area contributed by atoms with Gasteiger partial charge in [-0.3, -0.25) is 0 Å². The summed E-state index contributed by atoms with van der Waals surface area (Å²) in [5.74, 6) is -0.466. The molecule has 0 unspecified atom stereocenters. The number of rotatable bonds is 10. The summed E-state index contributed by atoms with van der Waals surface area (Å²) in [5.41, 5.74) is 0.838. The van der Waals surface area contributed by atoms with E-state index >= 15 is 0 Å². The fourth-order valence-corrected chi connectivity index (χ4v) is 1.71. The summed E-state index contributed by atoms with van der Waals surface area (Å²) in [5, 5.41) is 8.92. The van der Waals surface area contributed by atoms with E-state index in [1.807, 2.05) is 13.0 Å². The van der Waals surface area contributed by atoms with E-state index in [0.29, 0.717) is 30.6 Å². The van der Waals surface area contributed by atoms with Crippen molar-refractivity contribution in [3.63, 3.8) is 0 Å². The number of halogens is 1. The van der Waals surface area contributed by atoms with Crippen LogP contribution in [0.1, 0.15) is 12.5 Å². The van der Waals surface area contributed by atoms with Crippen LogP contribution in [-0.4, -0.2) is 37.7 Å². The Morgan fingerprint density at radius 3 is 2.73 bits per heavy atom. The van der Waals surface area contributed by atoms with E-state index in [4.69, 9.17) is 30.9 Å². The van der Waals surface area contributed by atoms with Gasteiger partial charge in [0.15, 0.2) is 6.79 Å². The van der Waals surface area contributed by atoms with Gasteiger partial charge in [0.05, 0.1) is 18.2 Å². The predicted molar refractivity (Wildman–Crippen MR) is 85.2 cm³/mol. The maximum atomic E-state index is 10.3. The molecule has 1 aromatic rings. The molecule has 0 aliphatic heterocycles. The van der Waals surface area contributed by atoms with Gasteiger partial charge in [-0.25, -0.2) is 4.79 Å². The molecule has 0 heterocycles. The third-order valence-electron chi connectivity index (χ3n) is 2.47. The summed E-state index contributed by atoms with van der Waals surface area (Å²) in [6.45, 7) is 3.67. The zero-order valence-corrected chi connectivity index (χ0v) is 13.1. The molecular formula is C16H19ClO5. The van der Waals surface area contributed by atoms with Gasteiger partial charge in [-0.05, 0) is 24.6 Å². The van der Waals surface area contributed by atoms with E-state index in [2.05, 4.69) is 0 Å². The van der Waals surface area contributed by atoms with Crippen LogP contribution in [0.25, 0.3) is 6.08 Å². The van der Waals surface area contributed by atoms with Gasteiger partial charge in [0.25, 0.3) is 0 Å². The van der Waals surface area contributed by atoms with Gasteiger partial charge >= 0.3 is 5.97 Å². The Morgan fingerprint density at radius 2 is 2.05 bits per heavy atom. The molecule has 0 saturated heterocycles. The van der Waals surface area contributed by atoms with Crippen LogP contribution in [0.5, 0.6) is 5.75 Å². The molecule has 0 fully saturated rings. The maximum absolute atomic E-state index is 10.3. The lowest BCUT2D eigenvalue weighted by Gasteiger charge is -2.09. The molecule has 0 atom stereocenters. The number of hydrogen-bond donors (Lipinski definition) is 1. The molecule has 0 amide bonds. The number of hydrogen-bond acceptors (Lipinski definition) is 4. The molecule has 0 saturated carbocycles. The fourth-order valence-electron chi connectivity index (χ4n) is 1.47. The minimum absolute atomic E-state index is 0.101. The highest BCUT2D eigenvalue weighted by Crippen LogP contribution is 2.26. The molecule has 22 heavy (non-hydrogen) atoms. The van der Waals surface area contributed by atoms with Crippen molar-refractivity contribution in [2.45, 2.75) is 6.92 Å².